The van der Waals surface area contributed by atoms with Crippen molar-refractivity contribution >= 4 is 22.8 Å². The molecule has 1 aliphatic heterocycles. The Balaban J connectivity index is 1.62. The SMILES string of the molecule is Cn1c[n+]([C@@H]2O[C@H](CNc3c(O)c(=O)c3=O)[C@@H](O)[C@H]2O)c2nc(N)[nH]c(=O)c21. The molecule has 0 amide bonds. The van der Waals surface area contributed by atoms with Gasteiger partial charge in [0.05, 0.1) is 7.05 Å². The van der Waals surface area contributed by atoms with Crippen LogP contribution < -0.4 is 32.0 Å². The van der Waals surface area contributed by atoms with Crippen molar-refractivity contribution in [1.29, 1.82) is 0 Å². The normalized spacial score (nSPS) is 25.0. The first-order valence-corrected chi connectivity index (χ1v) is 8.24. The van der Waals surface area contributed by atoms with Crippen LogP contribution in [0.15, 0.2) is 20.7 Å². The summed E-state index contributed by atoms with van der Waals surface area (Å²) in [4.78, 5) is 41.0. The highest BCUT2D eigenvalue weighted by molar-refractivity contribution is 5.67. The fourth-order valence-electron chi connectivity index (χ4n) is 3.33. The molecular formula is C15H17N6O7+. The third-order valence-electron chi connectivity index (χ3n) is 4.77. The van der Waals surface area contributed by atoms with E-state index in [2.05, 4.69) is 15.3 Å². The molecule has 1 aromatic carbocycles. The summed E-state index contributed by atoms with van der Waals surface area (Å²) in [6.07, 6.45) is -3.35. The lowest BCUT2D eigenvalue weighted by molar-refractivity contribution is -0.745. The van der Waals surface area contributed by atoms with Crippen molar-refractivity contribution in [3.05, 3.63) is 37.1 Å². The van der Waals surface area contributed by atoms with Gasteiger partial charge in [0.15, 0.2) is 12.1 Å². The van der Waals surface area contributed by atoms with E-state index in [0.29, 0.717) is 0 Å². The van der Waals surface area contributed by atoms with Crippen LogP contribution in [0.5, 0.6) is 5.75 Å². The highest BCUT2D eigenvalue weighted by Gasteiger charge is 2.47. The smallest absolute Gasteiger partial charge is 0.313 e. The summed E-state index contributed by atoms with van der Waals surface area (Å²) in [6.45, 7) is -0.158. The first-order chi connectivity index (χ1) is 13.2. The minimum Gasteiger partial charge on any atom is -0.502 e. The second kappa shape index (κ2) is 6.12. The van der Waals surface area contributed by atoms with E-state index in [1.54, 1.807) is 7.05 Å². The van der Waals surface area contributed by atoms with Gasteiger partial charge in [-0.1, -0.05) is 4.98 Å². The van der Waals surface area contributed by atoms with Gasteiger partial charge >= 0.3 is 5.65 Å². The van der Waals surface area contributed by atoms with Gasteiger partial charge in [-0.15, -0.1) is 0 Å². The van der Waals surface area contributed by atoms with E-state index < -0.39 is 46.7 Å². The molecule has 3 heterocycles. The fraction of sp³-hybridized carbons (Fsp3) is 0.400. The summed E-state index contributed by atoms with van der Waals surface area (Å²) in [6, 6.07) is 0. The van der Waals surface area contributed by atoms with Gasteiger partial charge in [0.1, 0.15) is 24.0 Å². The fourth-order valence-corrected chi connectivity index (χ4v) is 3.33. The molecule has 1 aliphatic rings. The molecular weight excluding hydrogens is 376 g/mol. The zero-order valence-corrected chi connectivity index (χ0v) is 14.5. The van der Waals surface area contributed by atoms with Gasteiger partial charge in [0, 0.05) is 6.54 Å². The number of nitrogens with one attached hydrogen (secondary N) is 2. The average molecular weight is 393 g/mol. The van der Waals surface area contributed by atoms with Crippen molar-refractivity contribution < 1.29 is 24.6 Å². The van der Waals surface area contributed by atoms with E-state index in [1.807, 2.05) is 0 Å². The van der Waals surface area contributed by atoms with Crippen molar-refractivity contribution in [2.45, 2.75) is 24.5 Å². The van der Waals surface area contributed by atoms with E-state index in [-0.39, 0.29) is 29.3 Å². The minimum absolute atomic E-state index is 0.126. The third-order valence-corrected chi connectivity index (χ3v) is 4.77. The largest absolute Gasteiger partial charge is 0.502 e. The van der Waals surface area contributed by atoms with Gasteiger partial charge < -0.3 is 31.1 Å². The average Bonchev–Trinajstić information content (AvgIpc) is 3.12. The van der Waals surface area contributed by atoms with Crippen LogP contribution in [0.2, 0.25) is 0 Å². The van der Waals surface area contributed by atoms with Gasteiger partial charge in [-0.3, -0.25) is 23.9 Å². The minimum atomic E-state index is -1.38. The Bertz CT molecular complexity index is 1210. The molecule has 4 atom stereocenters. The van der Waals surface area contributed by atoms with Crippen LogP contribution in [0.4, 0.5) is 11.6 Å². The number of ether oxygens (including phenoxy) is 1. The molecule has 3 aromatic rings. The maximum Gasteiger partial charge on any atom is 0.313 e. The zero-order valence-electron chi connectivity index (χ0n) is 14.5. The number of anilines is 2. The molecule has 13 heteroatoms. The lowest BCUT2D eigenvalue weighted by atomic mass is 10.1. The highest BCUT2D eigenvalue weighted by atomic mass is 16.6. The number of aromatic amines is 1. The zero-order chi connectivity index (χ0) is 20.3. The predicted octanol–water partition coefficient (Wildman–Crippen LogP) is -3.84. The topological polar surface area (TPSA) is 197 Å². The summed E-state index contributed by atoms with van der Waals surface area (Å²) in [7, 11) is 1.59. The number of nitrogens with zero attached hydrogens (tertiary/aromatic N) is 3. The van der Waals surface area contributed by atoms with Gasteiger partial charge in [-0.05, 0) is 0 Å². The first-order valence-electron chi connectivity index (χ1n) is 8.24. The number of rotatable bonds is 4. The number of aliphatic hydroxyl groups excluding tert-OH is 2. The molecule has 0 unspecified atom stereocenters. The van der Waals surface area contributed by atoms with E-state index in [0.717, 1.165) is 0 Å². The predicted molar refractivity (Wildman–Crippen MR) is 93.4 cm³/mol. The Hall–Kier alpha value is -3.29. The van der Waals surface area contributed by atoms with Gasteiger partial charge in [0.2, 0.25) is 11.7 Å². The number of imidazole rings is 1. The van der Waals surface area contributed by atoms with Crippen LogP contribution in [0.25, 0.3) is 11.2 Å². The lowest BCUT2D eigenvalue weighted by Crippen LogP contribution is -2.46. The molecule has 0 aliphatic carbocycles. The van der Waals surface area contributed by atoms with E-state index in [4.69, 9.17) is 10.5 Å². The molecule has 148 valence electrons. The summed E-state index contributed by atoms with van der Waals surface area (Å²) in [5.74, 6) is -0.809. The Morgan fingerprint density at radius 3 is 2.71 bits per heavy atom. The number of nitrogen functional groups attached to an aromatic ring is 1. The molecule has 0 spiro atoms. The number of aromatic nitrogens is 4. The highest BCUT2D eigenvalue weighted by Crippen LogP contribution is 2.27. The van der Waals surface area contributed by atoms with Crippen LogP contribution >= 0.6 is 0 Å². The van der Waals surface area contributed by atoms with E-state index >= 15 is 0 Å². The Morgan fingerprint density at radius 1 is 1.32 bits per heavy atom. The van der Waals surface area contributed by atoms with E-state index in [1.165, 1.54) is 15.5 Å². The van der Waals surface area contributed by atoms with Crippen LogP contribution in [0.3, 0.4) is 0 Å². The van der Waals surface area contributed by atoms with Gasteiger partial charge in [-0.2, -0.15) is 0 Å². The summed E-state index contributed by atoms with van der Waals surface area (Å²) >= 11 is 0. The number of aliphatic hydroxyl groups is 2. The number of aryl methyl sites for hydroxylation is 1. The molecule has 4 rings (SSSR count). The number of nitrogens with two attached hydrogens (primary N) is 1. The van der Waals surface area contributed by atoms with Crippen molar-refractivity contribution in [1.82, 2.24) is 14.5 Å². The number of aromatic hydroxyl groups is 1. The first kappa shape index (κ1) is 18.1. The summed E-state index contributed by atoms with van der Waals surface area (Å²) < 4.78 is 8.52. The molecule has 13 nitrogen and oxygen atoms in total. The molecule has 7 N–H and O–H groups in total. The Morgan fingerprint density at radius 2 is 2.04 bits per heavy atom. The lowest BCUT2D eigenvalue weighted by Gasteiger charge is -2.16. The van der Waals surface area contributed by atoms with Gasteiger partial charge in [-0.25, -0.2) is 4.57 Å². The molecule has 1 fully saturated rings. The third kappa shape index (κ3) is 2.48. The van der Waals surface area contributed by atoms with Crippen LogP contribution in [-0.2, 0) is 11.8 Å². The van der Waals surface area contributed by atoms with Crippen molar-refractivity contribution in [3.8, 4) is 5.75 Å². The molecule has 2 aromatic heterocycles. The Labute approximate surface area is 154 Å². The van der Waals surface area contributed by atoms with Crippen molar-refractivity contribution in [2.24, 2.45) is 7.05 Å². The van der Waals surface area contributed by atoms with Crippen LogP contribution in [-0.4, -0.2) is 54.7 Å². The van der Waals surface area contributed by atoms with Crippen molar-refractivity contribution in [2.75, 3.05) is 17.6 Å². The summed E-state index contributed by atoms with van der Waals surface area (Å²) in [5.41, 5.74) is 3.32. The van der Waals surface area contributed by atoms with Crippen LogP contribution in [0, 0.1) is 0 Å². The van der Waals surface area contributed by atoms with Crippen molar-refractivity contribution in [3.63, 3.8) is 0 Å². The molecule has 0 radical (unpaired) electrons. The monoisotopic (exact) mass is 393 g/mol. The Kier molecular flexibility index (Phi) is 3.95. The quantitative estimate of drug-likeness (QED) is 0.189. The number of fused-ring (bicyclic) bond motifs is 1. The molecule has 0 bridgehead atoms. The number of hydrogen-bond acceptors (Lipinski definition) is 10. The second-order valence-electron chi connectivity index (χ2n) is 6.57. The standard InChI is InChI=1S/C15H16N6O7/c1-20-3-21(12-6(20)13(27)19-15(16)18-12)14-11(26)7(22)4(28-14)2-17-5-8(23)10(25)9(5)24/h3-4,7,11,14,22,26H,2H2,1H3,(H4-,16,17,18,19,23,24,25,27)/p+1/t4-,7-,11-,14-/m1/s1. The van der Waals surface area contributed by atoms with Gasteiger partial charge in [0.25, 0.3) is 22.4 Å². The number of hydrogen-bond donors (Lipinski definition) is 6. The number of H-pyrrole nitrogens is 1. The summed E-state index contributed by atoms with van der Waals surface area (Å²) in [5, 5.41) is 32.6. The molecule has 0 saturated carbocycles. The molecule has 28 heavy (non-hydrogen) atoms. The second-order valence-corrected chi connectivity index (χ2v) is 6.57. The van der Waals surface area contributed by atoms with E-state index in [9.17, 15) is 29.7 Å². The molecule has 1 saturated heterocycles. The maximum absolute atomic E-state index is 12.1. The maximum atomic E-state index is 12.1. The van der Waals surface area contributed by atoms with Crippen LogP contribution in [0.1, 0.15) is 6.23 Å².